The van der Waals surface area contributed by atoms with Crippen molar-refractivity contribution in [3.63, 3.8) is 0 Å². The van der Waals surface area contributed by atoms with Crippen molar-refractivity contribution in [2.24, 2.45) is 28.1 Å². The largest absolute Gasteiger partial charge is 0.480 e. The fourth-order valence-electron chi connectivity index (χ4n) is 4.50. The van der Waals surface area contributed by atoms with Gasteiger partial charge in [-0.25, -0.2) is 4.79 Å². The summed E-state index contributed by atoms with van der Waals surface area (Å²) in [5, 5.41) is 43.6. The predicted octanol–water partition coefficient (Wildman–Crippen LogP) is -5.79. The molecule has 0 aromatic rings. The summed E-state index contributed by atoms with van der Waals surface area (Å²) in [5.74, 6) is -7.58. The molecule has 0 aromatic heterocycles. The van der Waals surface area contributed by atoms with Crippen molar-refractivity contribution in [3.8, 4) is 0 Å². The quantitative estimate of drug-likeness (QED) is 0.0307. The smallest absolute Gasteiger partial charge is 0.326 e. The molecular formula is C27H48N10O10. The van der Waals surface area contributed by atoms with Crippen molar-refractivity contribution >= 4 is 47.4 Å². The second kappa shape index (κ2) is 20.5. The molecule has 0 radical (unpaired) electrons. The topological polar surface area (TPSA) is 343 Å². The number of hydrogen-bond acceptors (Lipinski definition) is 11. The van der Waals surface area contributed by atoms with Crippen molar-refractivity contribution in [1.29, 1.82) is 0 Å². The van der Waals surface area contributed by atoms with E-state index in [0.29, 0.717) is 19.4 Å². The van der Waals surface area contributed by atoms with Gasteiger partial charge in [-0.05, 0) is 38.1 Å². The van der Waals surface area contributed by atoms with Crippen molar-refractivity contribution in [2.45, 2.75) is 88.6 Å². The van der Waals surface area contributed by atoms with Crippen LogP contribution in [-0.2, 0) is 33.6 Å². The molecule has 1 saturated heterocycles. The fraction of sp³-hybridized carbons (Fsp3) is 0.704. The Balaban J connectivity index is 3.03. The molecule has 0 bridgehead atoms. The first-order valence-electron chi connectivity index (χ1n) is 15.2. The van der Waals surface area contributed by atoms with Crippen LogP contribution in [0.15, 0.2) is 4.99 Å². The number of primary amides is 1. The minimum atomic E-state index is -1.72. The number of guanidine groups is 1. The van der Waals surface area contributed by atoms with E-state index >= 15 is 0 Å². The number of hydrogen-bond donors (Lipinski definition) is 12. The summed E-state index contributed by atoms with van der Waals surface area (Å²) in [6, 6.07) is -7.93. The molecule has 0 saturated carbocycles. The minimum absolute atomic E-state index is 0.0888. The van der Waals surface area contributed by atoms with Crippen LogP contribution in [0.25, 0.3) is 0 Å². The number of carboxylic acids is 1. The number of amides is 6. The van der Waals surface area contributed by atoms with E-state index in [4.69, 9.17) is 17.2 Å². The highest BCUT2D eigenvalue weighted by Crippen LogP contribution is 2.10. The average molecular weight is 673 g/mol. The predicted molar refractivity (Wildman–Crippen MR) is 166 cm³/mol. The fourth-order valence-corrected chi connectivity index (χ4v) is 4.50. The summed E-state index contributed by atoms with van der Waals surface area (Å²) < 4.78 is 0. The number of carbonyl (C=O) groups is 7. The van der Waals surface area contributed by atoms with E-state index in [0.717, 1.165) is 6.42 Å². The lowest BCUT2D eigenvalue weighted by Gasteiger charge is -2.28. The lowest BCUT2D eigenvalue weighted by molar-refractivity contribution is -0.144. The summed E-state index contributed by atoms with van der Waals surface area (Å²) in [7, 11) is 0. The van der Waals surface area contributed by atoms with E-state index in [-0.39, 0.29) is 25.3 Å². The van der Waals surface area contributed by atoms with Crippen LogP contribution in [0.5, 0.6) is 0 Å². The molecule has 0 unspecified atom stereocenters. The zero-order valence-corrected chi connectivity index (χ0v) is 26.5. The Hall–Kier alpha value is -4.56. The molecule has 1 aliphatic rings. The first-order chi connectivity index (χ1) is 22.1. The van der Waals surface area contributed by atoms with Crippen LogP contribution in [0.3, 0.4) is 0 Å². The molecule has 0 spiro atoms. The van der Waals surface area contributed by atoms with Crippen molar-refractivity contribution in [1.82, 2.24) is 31.9 Å². The minimum Gasteiger partial charge on any atom is -0.480 e. The van der Waals surface area contributed by atoms with Crippen molar-refractivity contribution in [3.05, 3.63) is 0 Å². The van der Waals surface area contributed by atoms with Crippen LogP contribution in [0.4, 0.5) is 0 Å². The van der Waals surface area contributed by atoms with Gasteiger partial charge in [0.15, 0.2) is 5.96 Å². The second-order valence-electron chi connectivity index (χ2n) is 11.1. The average Bonchev–Trinajstić information content (AvgIpc) is 3.56. The number of nitrogens with two attached hydrogens (primary N) is 3. The Kier molecular flexibility index (Phi) is 17.7. The molecule has 1 aliphatic heterocycles. The summed E-state index contributed by atoms with van der Waals surface area (Å²) >= 11 is 0. The summed E-state index contributed by atoms with van der Waals surface area (Å²) in [5.41, 5.74) is 15.7. The Morgan fingerprint density at radius 2 is 1.38 bits per heavy atom. The van der Waals surface area contributed by atoms with Gasteiger partial charge in [0.05, 0.1) is 25.7 Å². The number of aliphatic hydroxyl groups excluding tert-OH is 2. The van der Waals surface area contributed by atoms with E-state index in [2.05, 4.69) is 31.6 Å². The Morgan fingerprint density at radius 3 is 1.87 bits per heavy atom. The van der Waals surface area contributed by atoms with Crippen LogP contribution in [0.2, 0.25) is 0 Å². The number of aliphatic imine (C=N–C) groups is 1. The normalized spacial score (nSPS) is 17.8. The Morgan fingerprint density at radius 1 is 0.830 bits per heavy atom. The molecule has 7 atom stereocenters. The summed E-state index contributed by atoms with van der Waals surface area (Å²) in [6.45, 7) is 2.24. The SMILES string of the molecule is CC[C@H](C)[C@H](NC(=O)[C@H](CO)NC(=O)[C@H](CCCN=C(N)N)NC(=O)[C@@H]1CCCN1)C(=O)N[C@@H](CO)C(=O)N[C@@H](CC(N)=O)C(=O)O. The molecule has 15 N–H and O–H groups in total. The lowest BCUT2D eigenvalue weighted by atomic mass is 9.97. The third-order valence-electron chi connectivity index (χ3n) is 7.40. The third kappa shape index (κ3) is 14.2. The second-order valence-corrected chi connectivity index (χ2v) is 11.1. The molecule has 6 amide bonds. The molecule has 266 valence electrons. The number of aliphatic hydroxyl groups is 2. The molecule has 20 heteroatoms. The van der Waals surface area contributed by atoms with E-state index in [1.807, 2.05) is 5.32 Å². The van der Waals surface area contributed by atoms with Crippen LogP contribution >= 0.6 is 0 Å². The highest BCUT2D eigenvalue weighted by Gasteiger charge is 2.34. The number of carboxylic acid groups (broad SMARTS) is 1. The zero-order chi connectivity index (χ0) is 35.7. The molecule has 1 fully saturated rings. The van der Waals surface area contributed by atoms with Gasteiger partial charge in [0.1, 0.15) is 30.2 Å². The first kappa shape index (κ1) is 40.5. The monoisotopic (exact) mass is 672 g/mol. The number of rotatable bonds is 21. The summed E-state index contributed by atoms with van der Waals surface area (Å²) in [4.78, 5) is 91.3. The van der Waals surface area contributed by atoms with Gasteiger partial charge in [0.2, 0.25) is 35.4 Å². The van der Waals surface area contributed by atoms with Gasteiger partial charge in [-0.15, -0.1) is 0 Å². The zero-order valence-electron chi connectivity index (χ0n) is 26.5. The molecule has 1 heterocycles. The van der Waals surface area contributed by atoms with Gasteiger partial charge in [0.25, 0.3) is 0 Å². The van der Waals surface area contributed by atoms with E-state index < -0.39 is 103 Å². The standard InChI is InChI=1S/C27H48N10O10/c1-3-13(2)20(25(45)36-17(11-38)23(43)34-16(26(46)47)10-19(28)40)37-24(44)18(12-39)35-22(42)15(7-5-9-32-27(29)30)33-21(41)14-6-4-8-31-14/h13-18,20,31,38-39H,3-12H2,1-2H3,(H2,28,40)(H,33,41)(H,34,43)(H,35,42)(H,36,45)(H,37,44)(H,46,47)(H4,29,30,32)/t13-,14-,15-,16-,17-,18-,20-/m0/s1. The first-order valence-corrected chi connectivity index (χ1v) is 15.2. The van der Waals surface area contributed by atoms with Gasteiger partial charge in [-0.2, -0.15) is 0 Å². The maximum Gasteiger partial charge on any atom is 0.326 e. The number of nitrogens with one attached hydrogen (secondary N) is 6. The van der Waals surface area contributed by atoms with Gasteiger partial charge in [-0.1, -0.05) is 20.3 Å². The molecular weight excluding hydrogens is 624 g/mol. The number of carbonyl (C=O) groups excluding carboxylic acids is 6. The highest BCUT2D eigenvalue weighted by atomic mass is 16.4. The third-order valence-corrected chi connectivity index (χ3v) is 7.40. The van der Waals surface area contributed by atoms with Gasteiger partial charge >= 0.3 is 5.97 Å². The van der Waals surface area contributed by atoms with Crippen molar-refractivity contribution < 1.29 is 48.9 Å². The van der Waals surface area contributed by atoms with Crippen molar-refractivity contribution in [2.75, 3.05) is 26.3 Å². The maximum absolute atomic E-state index is 13.2. The Bertz CT molecular complexity index is 1140. The lowest BCUT2D eigenvalue weighted by Crippen LogP contribution is -2.61. The van der Waals surface area contributed by atoms with Crippen LogP contribution in [0, 0.1) is 5.92 Å². The molecule has 47 heavy (non-hydrogen) atoms. The van der Waals surface area contributed by atoms with Crippen LogP contribution < -0.4 is 49.1 Å². The summed E-state index contributed by atoms with van der Waals surface area (Å²) in [6.07, 6.45) is 1.32. The molecule has 0 aromatic carbocycles. The van der Waals surface area contributed by atoms with Crippen LogP contribution in [0.1, 0.15) is 52.4 Å². The number of aliphatic carboxylic acids is 1. The molecule has 1 rings (SSSR count). The van der Waals surface area contributed by atoms with E-state index in [9.17, 15) is 48.9 Å². The molecule has 20 nitrogen and oxygen atoms in total. The van der Waals surface area contributed by atoms with E-state index in [1.54, 1.807) is 13.8 Å². The molecule has 0 aliphatic carbocycles. The van der Waals surface area contributed by atoms with Gasteiger partial charge in [-0.3, -0.25) is 33.8 Å². The van der Waals surface area contributed by atoms with E-state index in [1.165, 1.54) is 0 Å². The number of nitrogens with zero attached hydrogens (tertiary/aromatic N) is 1. The highest BCUT2D eigenvalue weighted by molar-refractivity contribution is 5.97. The Labute approximate surface area is 271 Å². The maximum atomic E-state index is 13.2. The van der Waals surface area contributed by atoms with Gasteiger partial charge < -0.3 is 64.4 Å². The van der Waals surface area contributed by atoms with Gasteiger partial charge in [0, 0.05) is 6.54 Å². The van der Waals surface area contributed by atoms with Crippen LogP contribution in [-0.4, -0.2) is 125 Å².